The highest BCUT2D eigenvalue weighted by molar-refractivity contribution is 7.97. The van der Waals surface area contributed by atoms with Gasteiger partial charge in [0, 0.05) is 50.0 Å². The van der Waals surface area contributed by atoms with Crippen LogP contribution in [-0.4, -0.2) is 64.4 Å². The molecular weight excluding hydrogens is 376 g/mol. The van der Waals surface area contributed by atoms with Crippen molar-refractivity contribution in [1.29, 1.82) is 0 Å². The van der Waals surface area contributed by atoms with Gasteiger partial charge in [-0.3, -0.25) is 4.21 Å². The van der Waals surface area contributed by atoms with Gasteiger partial charge in [-0.2, -0.15) is 11.8 Å². The number of sulfone groups is 1. The molecule has 0 amide bonds. The van der Waals surface area contributed by atoms with Crippen LogP contribution in [0, 0.1) is 5.41 Å². The van der Waals surface area contributed by atoms with Gasteiger partial charge < -0.3 is 4.74 Å². The van der Waals surface area contributed by atoms with Gasteiger partial charge in [-0.15, -0.1) is 6.58 Å². The third kappa shape index (κ3) is 527000. The van der Waals surface area contributed by atoms with Gasteiger partial charge in [0.15, 0.2) is 0 Å². The number of methoxy groups -OCH3 is 1. The van der Waals surface area contributed by atoms with Crippen LogP contribution in [0.4, 0.5) is 0 Å². The Morgan fingerprint density at radius 2 is 1.00 bits per heavy atom. The van der Waals surface area contributed by atoms with Gasteiger partial charge in [-0.25, -0.2) is 8.42 Å². The number of ether oxygens (including phenoxy) is 1. The number of thioether (sulfide) groups is 1. The fourth-order valence-corrected chi connectivity index (χ4v) is 0. The van der Waals surface area contributed by atoms with E-state index in [1.807, 2.05) is 26.4 Å². The van der Waals surface area contributed by atoms with Crippen LogP contribution in [0.15, 0.2) is 12.2 Å². The van der Waals surface area contributed by atoms with Crippen LogP contribution in [0.25, 0.3) is 0 Å². The van der Waals surface area contributed by atoms with Crippen molar-refractivity contribution < 1.29 is 17.4 Å². The van der Waals surface area contributed by atoms with E-state index in [0.29, 0.717) is 5.41 Å². The van der Waals surface area contributed by atoms with Crippen molar-refractivity contribution >= 4 is 32.4 Å². The van der Waals surface area contributed by atoms with Gasteiger partial charge in [-0.1, -0.05) is 40.7 Å². The Hall–Kier alpha value is 0.150. The Balaban J connectivity index is -0.0000000312. The molecule has 0 aliphatic rings. The summed E-state index contributed by atoms with van der Waals surface area (Å²) in [6.45, 7) is 16.2. The highest BCUT2D eigenvalue weighted by Crippen LogP contribution is 2.08. The second kappa shape index (κ2) is 31.9. The molecule has 0 saturated carbocycles. The molecule has 7 heteroatoms. The van der Waals surface area contributed by atoms with Gasteiger partial charge >= 0.3 is 0 Å². The number of allylic oxidation sites excluding steroid dienone is 1. The van der Waals surface area contributed by atoms with Crippen LogP contribution < -0.4 is 0 Å². The van der Waals surface area contributed by atoms with Crippen molar-refractivity contribution in [2.45, 2.75) is 49.0 Å². The Morgan fingerprint density at radius 1 is 1.00 bits per heavy atom. The molecule has 0 saturated heterocycles. The topological polar surface area (TPSA) is 60.4 Å². The van der Waals surface area contributed by atoms with E-state index in [4.69, 9.17) is 0 Å². The maximum absolute atomic E-state index is 9.63. The predicted octanol–water partition coefficient (Wildman–Crippen LogP) is 5.17. The molecule has 162 valence electrons. The molecule has 0 atom stereocenters. The van der Waals surface area contributed by atoms with Gasteiger partial charge in [0.05, 0.1) is 0 Å². The van der Waals surface area contributed by atoms with E-state index >= 15 is 0 Å². The van der Waals surface area contributed by atoms with Gasteiger partial charge in [0.2, 0.25) is 0 Å². The van der Waals surface area contributed by atoms with E-state index in [-0.39, 0.29) is 7.43 Å². The standard InChI is InChI=1S/C5H12.C4H8.C2H6O2S.C2H6OS.C2H6O.C2H6S.CH4/c1-5(2,3)4;1-4(2)3;1-5(2,3)4;1-4(2)3;2*1-3-2;/h1-4H3;1H2,2-3H3;1-2H3;1-2H3;2*1-2H3;1H4. The van der Waals surface area contributed by atoms with Gasteiger partial charge in [0.25, 0.3) is 0 Å². The molecule has 0 rings (SSSR count). The molecule has 25 heavy (non-hydrogen) atoms. The fraction of sp³-hybridized carbons (Fsp3) is 0.889. The van der Waals surface area contributed by atoms with E-state index in [0.717, 1.165) is 12.5 Å². The molecular formula is C18H48O4S3. The van der Waals surface area contributed by atoms with E-state index in [1.165, 1.54) is 5.57 Å². The third-order valence-electron chi connectivity index (χ3n) is 0. The summed E-state index contributed by atoms with van der Waals surface area (Å²) in [6, 6.07) is 0. The summed E-state index contributed by atoms with van der Waals surface area (Å²) in [4.78, 5) is 0. The average Bonchev–Trinajstić information content (AvgIpc) is 2.10. The molecule has 4 nitrogen and oxygen atoms in total. The average molecular weight is 425 g/mol. The summed E-state index contributed by atoms with van der Waals surface area (Å²) < 4.78 is 33.1. The normalized spacial score (nSPS) is 8.60. The second-order valence-corrected chi connectivity index (χ2v) is 11.5. The zero-order chi connectivity index (χ0) is 21.6. The highest BCUT2D eigenvalue weighted by atomic mass is 32.2. The Labute approximate surface area is 168 Å². The summed E-state index contributed by atoms with van der Waals surface area (Å²) in [5.41, 5.74) is 1.67. The van der Waals surface area contributed by atoms with Gasteiger partial charge in [0.1, 0.15) is 9.84 Å². The monoisotopic (exact) mass is 424 g/mol. The highest BCUT2D eigenvalue weighted by Gasteiger charge is 1.95. The third-order valence-corrected chi connectivity index (χ3v) is 0. The Bertz CT molecular complexity index is 308. The van der Waals surface area contributed by atoms with E-state index in [2.05, 4.69) is 39.0 Å². The lowest BCUT2D eigenvalue weighted by Gasteiger charge is -2.05. The molecule has 0 aliphatic heterocycles. The lowest BCUT2D eigenvalue weighted by molar-refractivity contribution is 0.277. The van der Waals surface area contributed by atoms with Crippen LogP contribution in [0.5, 0.6) is 0 Å². The quantitative estimate of drug-likeness (QED) is 0.502. The van der Waals surface area contributed by atoms with E-state index in [1.54, 1.807) is 38.5 Å². The van der Waals surface area contributed by atoms with Crippen molar-refractivity contribution in [2.75, 3.05) is 51.8 Å². The minimum Gasteiger partial charge on any atom is -0.388 e. The zero-order valence-electron chi connectivity index (χ0n) is 18.6. The molecule has 0 heterocycles. The van der Waals surface area contributed by atoms with Crippen molar-refractivity contribution in [2.24, 2.45) is 5.41 Å². The fourth-order valence-electron chi connectivity index (χ4n) is 0. The second-order valence-electron chi connectivity index (χ2n) is 6.91. The summed E-state index contributed by atoms with van der Waals surface area (Å²) >= 11 is 1.75. The van der Waals surface area contributed by atoms with E-state index < -0.39 is 20.6 Å². The molecule has 0 spiro atoms. The van der Waals surface area contributed by atoms with Gasteiger partial charge in [-0.05, 0) is 31.8 Å². The molecule has 0 aromatic heterocycles. The number of rotatable bonds is 0. The molecule has 0 fully saturated rings. The van der Waals surface area contributed by atoms with Crippen molar-refractivity contribution in [3.8, 4) is 0 Å². The summed E-state index contributed by atoms with van der Waals surface area (Å²) in [7, 11) is -0.0278. The van der Waals surface area contributed by atoms with Crippen molar-refractivity contribution in [3.05, 3.63) is 12.2 Å². The van der Waals surface area contributed by atoms with Crippen LogP contribution in [0.3, 0.4) is 0 Å². The minimum absolute atomic E-state index is 0. The largest absolute Gasteiger partial charge is 0.388 e. The van der Waals surface area contributed by atoms with Crippen LogP contribution >= 0.6 is 11.8 Å². The summed E-state index contributed by atoms with van der Waals surface area (Å²) in [5.74, 6) is 0. The smallest absolute Gasteiger partial charge is 0.144 e. The predicted molar refractivity (Wildman–Crippen MR) is 125 cm³/mol. The summed E-state index contributed by atoms with van der Waals surface area (Å²) in [6.07, 6.45) is 9.68. The molecule has 0 aromatic rings. The summed E-state index contributed by atoms with van der Waals surface area (Å²) in [5, 5.41) is 0. The zero-order valence-corrected chi connectivity index (χ0v) is 21.0. The van der Waals surface area contributed by atoms with Crippen LogP contribution in [0.1, 0.15) is 49.0 Å². The first-order valence-corrected chi connectivity index (χ1v) is 13.0. The SMILES string of the molecule is C.C=C(C)C.CC(C)(C)C.COC.CS(C)(=O)=O.CS(C)=O.CSC. The lowest BCUT2D eigenvalue weighted by Crippen LogP contribution is -1.93. The molecule has 0 unspecified atom stereocenters. The molecule has 0 N–H and O–H groups in total. The maximum atomic E-state index is 9.63. The number of hydrogen-bond donors (Lipinski definition) is 0. The van der Waals surface area contributed by atoms with Crippen LogP contribution in [0.2, 0.25) is 0 Å². The van der Waals surface area contributed by atoms with Crippen molar-refractivity contribution in [1.82, 2.24) is 0 Å². The first-order valence-electron chi connectivity index (χ1n) is 7.12. The molecule has 0 aromatic carbocycles. The van der Waals surface area contributed by atoms with Crippen LogP contribution in [-0.2, 0) is 25.4 Å². The molecule has 0 aliphatic carbocycles. The van der Waals surface area contributed by atoms with E-state index in [9.17, 15) is 12.6 Å². The van der Waals surface area contributed by atoms with Crippen molar-refractivity contribution in [3.63, 3.8) is 0 Å². The molecule has 0 radical (unpaired) electrons. The minimum atomic E-state index is -2.67. The lowest BCUT2D eigenvalue weighted by atomic mass is 10.0. The maximum Gasteiger partial charge on any atom is 0.144 e. The first kappa shape index (κ1) is 44.5. The first-order chi connectivity index (χ1) is 10.3. The molecule has 0 bridgehead atoms. The Kier molecular flexibility index (Phi) is 56.8. The number of hydrogen-bond acceptors (Lipinski definition) is 5. The Morgan fingerprint density at radius 3 is 1.00 bits per heavy atom.